The van der Waals surface area contributed by atoms with Crippen molar-refractivity contribution in [3.05, 3.63) is 46.4 Å². The van der Waals surface area contributed by atoms with E-state index in [1.165, 1.54) is 0 Å². The molecule has 0 saturated carbocycles. The van der Waals surface area contributed by atoms with Crippen molar-refractivity contribution in [3.8, 4) is 0 Å². The van der Waals surface area contributed by atoms with Crippen molar-refractivity contribution >= 4 is 29.0 Å². The Bertz CT molecular complexity index is 701. The summed E-state index contributed by atoms with van der Waals surface area (Å²) in [5, 5.41) is 6.64. The average molecular weight is 319 g/mol. The van der Waals surface area contributed by atoms with Gasteiger partial charge in [0.2, 0.25) is 0 Å². The molecule has 0 aliphatic rings. The highest BCUT2D eigenvalue weighted by Crippen LogP contribution is 2.23. The highest BCUT2D eigenvalue weighted by atomic mass is 35.5. The molecule has 2 aromatic rings. The third-order valence-corrected chi connectivity index (χ3v) is 3.19. The van der Waals surface area contributed by atoms with E-state index in [4.69, 9.17) is 11.6 Å². The standard InChI is InChI=1S/C16H19ClN4O/c1-9(2)18-16(22)14-8-15(20-11(4)19-14)21-13-7-12(17)6-5-10(13)3/h5-9H,1-4H3,(H,18,22)(H,19,20,21). The van der Waals surface area contributed by atoms with Gasteiger partial charge in [-0.2, -0.15) is 0 Å². The van der Waals surface area contributed by atoms with Crippen molar-refractivity contribution in [1.29, 1.82) is 0 Å². The number of rotatable bonds is 4. The Morgan fingerprint density at radius 2 is 1.91 bits per heavy atom. The zero-order valence-corrected chi connectivity index (χ0v) is 13.8. The summed E-state index contributed by atoms with van der Waals surface area (Å²) in [5.41, 5.74) is 2.22. The minimum Gasteiger partial charge on any atom is -0.349 e. The van der Waals surface area contributed by atoms with E-state index in [0.29, 0.717) is 22.4 Å². The monoisotopic (exact) mass is 318 g/mol. The lowest BCUT2D eigenvalue weighted by molar-refractivity contribution is 0.0937. The van der Waals surface area contributed by atoms with Gasteiger partial charge in [-0.3, -0.25) is 4.79 Å². The van der Waals surface area contributed by atoms with Crippen molar-refractivity contribution in [3.63, 3.8) is 0 Å². The first-order valence-corrected chi connectivity index (χ1v) is 7.42. The lowest BCUT2D eigenvalue weighted by atomic mass is 10.2. The number of amides is 1. The highest BCUT2D eigenvalue weighted by Gasteiger charge is 2.12. The van der Waals surface area contributed by atoms with Gasteiger partial charge in [-0.25, -0.2) is 9.97 Å². The number of carbonyl (C=O) groups is 1. The molecule has 0 atom stereocenters. The maximum atomic E-state index is 12.1. The average Bonchev–Trinajstić information content (AvgIpc) is 2.41. The minimum absolute atomic E-state index is 0.0503. The van der Waals surface area contributed by atoms with Crippen LogP contribution in [0.1, 0.15) is 35.7 Å². The summed E-state index contributed by atoms with van der Waals surface area (Å²) >= 11 is 6.02. The van der Waals surface area contributed by atoms with Crippen LogP contribution in [0.3, 0.4) is 0 Å². The van der Waals surface area contributed by atoms with Crippen molar-refractivity contribution in [2.75, 3.05) is 5.32 Å². The van der Waals surface area contributed by atoms with Crippen LogP contribution in [-0.4, -0.2) is 21.9 Å². The summed E-state index contributed by atoms with van der Waals surface area (Å²) in [6.07, 6.45) is 0. The first kappa shape index (κ1) is 16.2. The molecule has 1 aromatic carbocycles. The molecule has 5 nitrogen and oxygen atoms in total. The van der Waals surface area contributed by atoms with E-state index in [1.807, 2.05) is 39.0 Å². The van der Waals surface area contributed by atoms with Crippen LogP contribution in [0.4, 0.5) is 11.5 Å². The molecule has 0 fully saturated rings. The van der Waals surface area contributed by atoms with Crippen LogP contribution in [0, 0.1) is 13.8 Å². The number of hydrogen-bond acceptors (Lipinski definition) is 4. The molecule has 116 valence electrons. The van der Waals surface area contributed by atoms with Crippen molar-refractivity contribution < 1.29 is 4.79 Å². The van der Waals surface area contributed by atoms with Crippen LogP contribution in [-0.2, 0) is 0 Å². The number of benzene rings is 1. The molecule has 0 aliphatic carbocycles. The van der Waals surface area contributed by atoms with Gasteiger partial charge in [0.05, 0.1) is 0 Å². The van der Waals surface area contributed by atoms with E-state index >= 15 is 0 Å². The normalized spacial score (nSPS) is 10.6. The molecular weight excluding hydrogens is 300 g/mol. The highest BCUT2D eigenvalue weighted by molar-refractivity contribution is 6.30. The first-order chi connectivity index (χ1) is 10.3. The third-order valence-electron chi connectivity index (χ3n) is 2.95. The second-order valence-corrected chi connectivity index (χ2v) is 5.83. The molecule has 0 aliphatic heterocycles. The Morgan fingerprint density at radius 1 is 1.18 bits per heavy atom. The van der Waals surface area contributed by atoms with Crippen molar-refractivity contribution in [1.82, 2.24) is 15.3 Å². The molecule has 0 unspecified atom stereocenters. The van der Waals surface area contributed by atoms with Gasteiger partial charge in [-0.05, 0) is 45.4 Å². The van der Waals surface area contributed by atoms with Crippen LogP contribution in [0.2, 0.25) is 5.02 Å². The molecule has 0 saturated heterocycles. The number of nitrogens with one attached hydrogen (secondary N) is 2. The molecule has 0 spiro atoms. The minimum atomic E-state index is -0.216. The fraction of sp³-hybridized carbons (Fsp3) is 0.312. The van der Waals surface area contributed by atoms with Crippen molar-refractivity contribution in [2.45, 2.75) is 33.7 Å². The number of hydrogen-bond donors (Lipinski definition) is 2. The van der Waals surface area contributed by atoms with Gasteiger partial charge in [0, 0.05) is 22.8 Å². The fourth-order valence-corrected chi connectivity index (χ4v) is 2.12. The molecule has 2 N–H and O–H groups in total. The zero-order chi connectivity index (χ0) is 16.3. The Hall–Kier alpha value is -2.14. The summed E-state index contributed by atoms with van der Waals surface area (Å²) in [4.78, 5) is 20.6. The van der Waals surface area contributed by atoms with Gasteiger partial charge in [0.1, 0.15) is 17.3 Å². The van der Waals surface area contributed by atoms with E-state index < -0.39 is 0 Å². The molecule has 2 rings (SSSR count). The number of halogens is 1. The predicted octanol–water partition coefficient (Wildman–Crippen LogP) is 3.63. The summed E-state index contributed by atoms with van der Waals surface area (Å²) < 4.78 is 0. The van der Waals surface area contributed by atoms with E-state index in [-0.39, 0.29) is 11.9 Å². The number of aromatic nitrogens is 2. The second-order valence-electron chi connectivity index (χ2n) is 5.40. The number of carbonyl (C=O) groups excluding carboxylic acids is 1. The fourth-order valence-electron chi connectivity index (χ4n) is 1.95. The second kappa shape index (κ2) is 6.75. The Balaban J connectivity index is 2.30. The molecule has 6 heteroatoms. The number of anilines is 2. The predicted molar refractivity (Wildman–Crippen MR) is 88.8 cm³/mol. The zero-order valence-electron chi connectivity index (χ0n) is 13.1. The maximum Gasteiger partial charge on any atom is 0.270 e. The molecule has 22 heavy (non-hydrogen) atoms. The van der Waals surface area contributed by atoms with Crippen LogP contribution in [0.5, 0.6) is 0 Å². The van der Waals surface area contributed by atoms with Crippen molar-refractivity contribution in [2.24, 2.45) is 0 Å². The van der Waals surface area contributed by atoms with E-state index in [2.05, 4.69) is 20.6 Å². The SMILES string of the molecule is Cc1nc(Nc2cc(Cl)ccc2C)cc(C(=O)NC(C)C)n1. The van der Waals surface area contributed by atoms with Gasteiger partial charge >= 0.3 is 0 Å². The smallest absolute Gasteiger partial charge is 0.270 e. The third kappa shape index (κ3) is 4.18. The molecule has 0 radical (unpaired) electrons. The summed E-state index contributed by atoms with van der Waals surface area (Å²) in [6, 6.07) is 7.25. The van der Waals surface area contributed by atoms with Crippen LogP contribution in [0.15, 0.2) is 24.3 Å². The number of aryl methyl sites for hydroxylation is 2. The molecule has 1 amide bonds. The summed E-state index contributed by atoms with van der Waals surface area (Å²) in [6.45, 7) is 7.53. The van der Waals surface area contributed by atoms with E-state index in [9.17, 15) is 4.79 Å². The summed E-state index contributed by atoms with van der Waals surface area (Å²) in [7, 11) is 0. The van der Waals surface area contributed by atoms with E-state index in [0.717, 1.165) is 11.3 Å². The van der Waals surface area contributed by atoms with Crippen LogP contribution >= 0.6 is 11.6 Å². The van der Waals surface area contributed by atoms with Gasteiger partial charge < -0.3 is 10.6 Å². The number of nitrogens with zero attached hydrogens (tertiary/aromatic N) is 2. The largest absolute Gasteiger partial charge is 0.349 e. The van der Waals surface area contributed by atoms with Gasteiger partial charge in [-0.1, -0.05) is 17.7 Å². The summed E-state index contributed by atoms with van der Waals surface area (Å²) in [5.74, 6) is 0.872. The van der Waals surface area contributed by atoms with Crippen LogP contribution in [0.25, 0.3) is 0 Å². The van der Waals surface area contributed by atoms with Gasteiger partial charge in [0.25, 0.3) is 5.91 Å². The Kier molecular flexibility index (Phi) is 4.98. The maximum absolute atomic E-state index is 12.1. The molecule has 1 heterocycles. The molecular formula is C16H19ClN4O. The van der Waals surface area contributed by atoms with Gasteiger partial charge in [-0.15, -0.1) is 0 Å². The Morgan fingerprint density at radius 3 is 2.59 bits per heavy atom. The van der Waals surface area contributed by atoms with Gasteiger partial charge in [0.15, 0.2) is 0 Å². The lowest BCUT2D eigenvalue weighted by Gasteiger charge is -2.12. The quantitative estimate of drug-likeness (QED) is 0.903. The van der Waals surface area contributed by atoms with Crippen LogP contribution < -0.4 is 10.6 Å². The molecule has 0 bridgehead atoms. The van der Waals surface area contributed by atoms with E-state index in [1.54, 1.807) is 13.0 Å². The first-order valence-electron chi connectivity index (χ1n) is 7.05. The Labute approximate surface area is 135 Å². The lowest BCUT2D eigenvalue weighted by Crippen LogP contribution is -2.31. The molecule has 1 aromatic heterocycles. The topological polar surface area (TPSA) is 66.9 Å².